The molecule has 1 aromatic heterocycles. The van der Waals surface area contributed by atoms with E-state index < -0.39 is 21.5 Å². The van der Waals surface area contributed by atoms with Crippen molar-refractivity contribution in [3.8, 4) is 11.5 Å². The van der Waals surface area contributed by atoms with Gasteiger partial charge < -0.3 is 14.0 Å². The Bertz CT molecular complexity index is 1160. The first-order valence-electron chi connectivity index (χ1n) is 7.92. The Hall–Kier alpha value is -2.65. The van der Waals surface area contributed by atoms with Crippen molar-refractivity contribution in [3.05, 3.63) is 47.3 Å². The molecule has 7 nitrogen and oxygen atoms in total. The molecule has 27 heavy (non-hydrogen) atoms. The van der Waals surface area contributed by atoms with Crippen LogP contribution in [0.4, 0.5) is 0 Å². The number of para-hydroxylation sites is 1. The molecule has 1 heterocycles. The summed E-state index contributed by atoms with van der Waals surface area (Å²) in [7, 11) is 1.02. The lowest BCUT2D eigenvalue weighted by Crippen LogP contribution is -2.19. The van der Waals surface area contributed by atoms with Gasteiger partial charge in [-0.15, -0.1) is 0 Å². The number of carbonyl (C=O) groups is 1. The highest BCUT2D eigenvalue weighted by Gasteiger charge is 2.19. The number of aromatic nitrogens is 1. The number of thiazole rings is 1. The predicted molar refractivity (Wildman–Crippen MR) is 103 cm³/mol. The summed E-state index contributed by atoms with van der Waals surface area (Å²) in [6.07, 6.45) is 0. The first-order chi connectivity index (χ1) is 12.9. The first-order valence-corrected chi connectivity index (χ1v) is 10.4. The molecule has 0 unspecified atom stereocenters. The molecule has 0 saturated heterocycles. The zero-order valence-corrected chi connectivity index (χ0v) is 16.6. The summed E-state index contributed by atoms with van der Waals surface area (Å²) >= 11 is 1.29. The van der Waals surface area contributed by atoms with Crippen LogP contribution in [0.25, 0.3) is 10.2 Å². The minimum absolute atomic E-state index is 0.0502. The Morgan fingerprint density at radius 3 is 2.44 bits per heavy atom. The van der Waals surface area contributed by atoms with Crippen LogP contribution in [-0.4, -0.2) is 38.9 Å². The Kier molecular flexibility index (Phi) is 5.33. The van der Waals surface area contributed by atoms with Crippen LogP contribution in [0.1, 0.15) is 0 Å². The first kappa shape index (κ1) is 19.1. The van der Waals surface area contributed by atoms with Gasteiger partial charge in [0.25, 0.3) is 5.91 Å². The normalized spacial score (nSPS) is 12.3. The average molecular weight is 406 g/mol. The molecule has 0 fully saturated rings. The molecule has 0 aliphatic carbocycles. The number of sulfone groups is 1. The van der Waals surface area contributed by atoms with E-state index in [0.717, 1.165) is 10.2 Å². The maximum Gasteiger partial charge on any atom is 0.263 e. The third kappa shape index (κ3) is 3.88. The number of ether oxygens (including phenoxy) is 2. The summed E-state index contributed by atoms with van der Waals surface area (Å²) in [6, 6.07) is 11.4. The van der Waals surface area contributed by atoms with Crippen LogP contribution in [0, 0.1) is 0 Å². The van der Waals surface area contributed by atoms with Gasteiger partial charge in [-0.2, -0.15) is 4.99 Å². The lowest BCUT2D eigenvalue weighted by Gasteiger charge is -2.04. The van der Waals surface area contributed by atoms with E-state index in [1.165, 1.54) is 42.7 Å². The summed E-state index contributed by atoms with van der Waals surface area (Å²) in [5.41, 5.74) is 0.801. The van der Waals surface area contributed by atoms with E-state index in [-0.39, 0.29) is 4.90 Å². The van der Waals surface area contributed by atoms with E-state index in [1.807, 2.05) is 18.2 Å². The minimum Gasteiger partial charge on any atom is -0.497 e. The summed E-state index contributed by atoms with van der Waals surface area (Å²) in [4.78, 5) is 16.8. The average Bonchev–Trinajstić information content (AvgIpc) is 2.97. The van der Waals surface area contributed by atoms with Crippen LogP contribution in [-0.2, 0) is 21.7 Å². The molecule has 9 heteroatoms. The van der Waals surface area contributed by atoms with Crippen molar-refractivity contribution in [1.29, 1.82) is 0 Å². The Labute approximate surface area is 160 Å². The standard InChI is InChI=1S/C18H18N2O5S2/c1-20-17-14(25-3)5-4-6-15(17)26-18(20)19-16(21)11-27(22,23)13-9-7-12(24-2)8-10-13/h4-10H,11H2,1-3H3. The Balaban J connectivity index is 1.92. The van der Waals surface area contributed by atoms with Crippen LogP contribution in [0.15, 0.2) is 52.4 Å². The van der Waals surface area contributed by atoms with Crippen molar-refractivity contribution >= 4 is 37.3 Å². The number of benzene rings is 2. The number of fused-ring (bicyclic) bond motifs is 1. The molecular formula is C18H18N2O5S2. The van der Waals surface area contributed by atoms with E-state index in [1.54, 1.807) is 18.7 Å². The highest BCUT2D eigenvalue weighted by atomic mass is 32.2. The summed E-state index contributed by atoms with van der Waals surface area (Å²) in [5, 5.41) is 0. The van der Waals surface area contributed by atoms with Crippen LogP contribution in [0.5, 0.6) is 11.5 Å². The SMILES string of the molecule is COc1ccc(S(=O)(=O)CC(=O)N=c2sc3cccc(OC)c3n2C)cc1. The number of hydrogen-bond donors (Lipinski definition) is 0. The highest BCUT2D eigenvalue weighted by molar-refractivity contribution is 7.92. The van der Waals surface area contributed by atoms with Crippen LogP contribution >= 0.6 is 11.3 Å². The van der Waals surface area contributed by atoms with Crippen molar-refractivity contribution in [1.82, 2.24) is 4.57 Å². The summed E-state index contributed by atoms with van der Waals surface area (Å²) in [5.74, 6) is -0.237. The third-order valence-electron chi connectivity index (χ3n) is 3.96. The van der Waals surface area contributed by atoms with E-state index in [2.05, 4.69) is 4.99 Å². The van der Waals surface area contributed by atoms with Crippen LogP contribution in [0.3, 0.4) is 0 Å². The molecule has 142 valence electrons. The topological polar surface area (TPSA) is 87.0 Å². The Morgan fingerprint density at radius 1 is 1.11 bits per heavy atom. The van der Waals surface area contributed by atoms with Gasteiger partial charge in [0.05, 0.1) is 23.8 Å². The molecule has 0 aliphatic heterocycles. The maximum absolute atomic E-state index is 12.4. The lowest BCUT2D eigenvalue weighted by atomic mass is 10.3. The minimum atomic E-state index is -3.79. The number of hydrogen-bond acceptors (Lipinski definition) is 6. The van der Waals surface area contributed by atoms with Crippen molar-refractivity contribution in [2.75, 3.05) is 20.0 Å². The van der Waals surface area contributed by atoms with Gasteiger partial charge in [0.2, 0.25) is 0 Å². The molecule has 3 aromatic rings. The second kappa shape index (κ2) is 7.53. The quantitative estimate of drug-likeness (QED) is 0.648. The van der Waals surface area contributed by atoms with Gasteiger partial charge in [-0.3, -0.25) is 4.79 Å². The number of carbonyl (C=O) groups excluding carboxylic acids is 1. The largest absolute Gasteiger partial charge is 0.497 e. The molecule has 3 rings (SSSR count). The molecule has 0 aliphatic rings. The zero-order valence-electron chi connectivity index (χ0n) is 15.0. The lowest BCUT2D eigenvalue weighted by molar-refractivity contribution is -0.115. The number of rotatable bonds is 5. The molecule has 0 spiro atoms. The van der Waals surface area contributed by atoms with Crippen molar-refractivity contribution in [2.24, 2.45) is 12.0 Å². The van der Waals surface area contributed by atoms with Gasteiger partial charge in [-0.1, -0.05) is 17.4 Å². The molecule has 0 atom stereocenters. The molecule has 1 amide bonds. The van der Waals surface area contributed by atoms with Gasteiger partial charge in [0.1, 0.15) is 22.8 Å². The smallest absolute Gasteiger partial charge is 0.263 e. The van der Waals surface area contributed by atoms with E-state index in [4.69, 9.17) is 9.47 Å². The van der Waals surface area contributed by atoms with Crippen molar-refractivity contribution in [2.45, 2.75) is 4.90 Å². The second-order valence-electron chi connectivity index (χ2n) is 5.69. The fourth-order valence-electron chi connectivity index (χ4n) is 2.61. The van der Waals surface area contributed by atoms with Crippen molar-refractivity contribution < 1.29 is 22.7 Å². The third-order valence-corrected chi connectivity index (χ3v) is 6.67. The van der Waals surface area contributed by atoms with Gasteiger partial charge in [-0.25, -0.2) is 8.42 Å². The monoisotopic (exact) mass is 406 g/mol. The fourth-order valence-corrected chi connectivity index (χ4v) is 4.77. The van der Waals surface area contributed by atoms with E-state index in [0.29, 0.717) is 16.3 Å². The molecule has 0 N–H and O–H groups in total. The molecule has 0 radical (unpaired) electrons. The van der Waals surface area contributed by atoms with Crippen molar-refractivity contribution in [3.63, 3.8) is 0 Å². The Morgan fingerprint density at radius 2 is 1.81 bits per heavy atom. The number of nitrogens with zero attached hydrogens (tertiary/aromatic N) is 2. The van der Waals surface area contributed by atoms with Gasteiger partial charge >= 0.3 is 0 Å². The molecular weight excluding hydrogens is 388 g/mol. The zero-order chi connectivity index (χ0) is 19.6. The predicted octanol–water partition coefficient (Wildman–Crippen LogP) is 2.16. The van der Waals surface area contributed by atoms with Crippen LogP contribution < -0.4 is 14.3 Å². The highest BCUT2D eigenvalue weighted by Crippen LogP contribution is 2.26. The number of amides is 1. The second-order valence-corrected chi connectivity index (χ2v) is 8.69. The van der Waals surface area contributed by atoms with Crippen LogP contribution in [0.2, 0.25) is 0 Å². The molecule has 2 aromatic carbocycles. The van der Waals surface area contributed by atoms with E-state index >= 15 is 0 Å². The summed E-state index contributed by atoms with van der Waals surface area (Å²) < 4.78 is 37.8. The maximum atomic E-state index is 12.4. The molecule has 0 saturated carbocycles. The van der Waals surface area contributed by atoms with Gasteiger partial charge in [0.15, 0.2) is 14.6 Å². The number of methoxy groups -OCH3 is 2. The fraction of sp³-hybridized carbons (Fsp3) is 0.222. The van der Waals surface area contributed by atoms with Gasteiger partial charge in [0, 0.05) is 7.05 Å². The summed E-state index contributed by atoms with van der Waals surface area (Å²) in [6.45, 7) is 0. The molecule has 0 bridgehead atoms. The van der Waals surface area contributed by atoms with Gasteiger partial charge in [-0.05, 0) is 36.4 Å². The number of aryl methyl sites for hydroxylation is 1. The van der Waals surface area contributed by atoms with E-state index in [9.17, 15) is 13.2 Å².